The Balaban J connectivity index is 1.51. The molecule has 3 N–H and O–H groups in total. The van der Waals surface area contributed by atoms with E-state index in [2.05, 4.69) is 34.9 Å². The molecule has 0 aliphatic heterocycles. The van der Waals surface area contributed by atoms with E-state index in [4.69, 9.17) is 9.84 Å². The Labute approximate surface area is 200 Å². The van der Waals surface area contributed by atoms with Gasteiger partial charge in [-0.05, 0) is 40.5 Å². The molecule has 1 unspecified atom stereocenters. The molecule has 1 aliphatic rings. The average molecular weight is 467 g/mol. The summed E-state index contributed by atoms with van der Waals surface area (Å²) >= 11 is 0. The maximum atomic E-state index is 12.6. The van der Waals surface area contributed by atoms with Crippen molar-refractivity contribution >= 4 is 18.0 Å². The van der Waals surface area contributed by atoms with Crippen LogP contribution >= 0.6 is 0 Å². The number of ether oxygens (including phenoxy) is 1. The van der Waals surface area contributed by atoms with Crippen LogP contribution in [-0.4, -0.2) is 42.3 Å². The fourth-order valence-electron chi connectivity index (χ4n) is 4.37. The second kappa shape index (κ2) is 11.7. The average Bonchev–Trinajstić information content (AvgIpc) is 3.10. The monoisotopic (exact) mass is 466 g/mol. The maximum absolute atomic E-state index is 12.6. The predicted molar refractivity (Wildman–Crippen MR) is 130 cm³/mol. The third kappa shape index (κ3) is 6.59. The molecule has 0 radical (unpaired) electrons. The van der Waals surface area contributed by atoms with E-state index < -0.39 is 12.1 Å². The van der Waals surface area contributed by atoms with Crippen molar-refractivity contribution in [2.24, 2.45) is 11.8 Å². The SMILES string of the molecule is CC(CCNC(=O)C[C@@H](NC(=O)OCC1c2ccccc2-c2ccccc21)C(C)C)CC(=O)O. The van der Waals surface area contributed by atoms with E-state index in [0.717, 1.165) is 11.1 Å². The Morgan fingerprint density at radius 1 is 0.941 bits per heavy atom. The molecule has 0 saturated heterocycles. The molecule has 2 atom stereocenters. The van der Waals surface area contributed by atoms with Crippen LogP contribution in [0.2, 0.25) is 0 Å². The molecule has 0 bridgehead atoms. The zero-order valence-electron chi connectivity index (χ0n) is 20.0. The number of hydrogen-bond donors (Lipinski definition) is 3. The van der Waals surface area contributed by atoms with Crippen molar-refractivity contribution in [2.75, 3.05) is 13.2 Å². The van der Waals surface area contributed by atoms with Gasteiger partial charge in [-0.15, -0.1) is 0 Å². The summed E-state index contributed by atoms with van der Waals surface area (Å²) in [4.78, 5) is 35.7. The molecule has 0 saturated carbocycles. The number of carbonyl (C=O) groups is 3. The van der Waals surface area contributed by atoms with E-state index in [-0.39, 0.29) is 49.2 Å². The molecular weight excluding hydrogens is 432 g/mol. The van der Waals surface area contributed by atoms with Crippen LogP contribution in [0.5, 0.6) is 0 Å². The normalized spacial score (nSPS) is 14.1. The summed E-state index contributed by atoms with van der Waals surface area (Å²) in [6, 6.07) is 16.0. The Bertz CT molecular complexity index is 974. The highest BCUT2D eigenvalue weighted by molar-refractivity contribution is 5.79. The van der Waals surface area contributed by atoms with Gasteiger partial charge >= 0.3 is 12.1 Å². The van der Waals surface area contributed by atoms with Gasteiger partial charge in [0.15, 0.2) is 0 Å². The number of carboxylic acids is 1. The first-order chi connectivity index (χ1) is 16.3. The first-order valence-electron chi connectivity index (χ1n) is 11.9. The summed E-state index contributed by atoms with van der Waals surface area (Å²) in [6.07, 6.45) is 0.260. The lowest BCUT2D eigenvalue weighted by Crippen LogP contribution is -2.43. The summed E-state index contributed by atoms with van der Waals surface area (Å²) in [7, 11) is 0. The van der Waals surface area contributed by atoms with Gasteiger partial charge in [0.05, 0.1) is 0 Å². The fraction of sp³-hybridized carbons (Fsp3) is 0.444. The lowest BCUT2D eigenvalue weighted by atomic mass is 9.98. The molecule has 182 valence electrons. The molecular formula is C27H34N2O5. The Hall–Kier alpha value is -3.35. The van der Waals surface area contributed by atoms with Gasteiger partial charge in [0.1, 0.15) is 6.61 Å². The van der Waals surface area contributed by atoms with Gasteiger partial charge in [0, 0.05) is 31.3 Å². The first-order valence-corrected chi connectivity index (χ1v) is 11.9. The molecule has 3 rings (SSSR count). The maximum Gasteiger partial charge on any atom is 0.407 e. The van der Waals surface area contributed by atoms with Gasteiger partial charge < -0.3 is 20.5 Å². The van der Waals surface area contributed by atoms with Crippen LogP contribution in [0.3, 0.4) is 0 Å². The molecule has 0 spiro atoms. The topological polar surface area (TPSA) is 105 Å². The van der Waals surface area contributed by atoms with Crippen molar-refractivity contribution in [1.29, 1.82) is 0 Å². The van der Waals surface area contributed by atoms with Gasteiger partial charge in [0.2, 0.25) is 5.91 Å². The van der Waals surface area contributed by atoms with Crippen molar-refractivity contribution in [3.05, 3.63) is 59.7 Å². The first kappa shape index (κ1) is 25.3. The van der Waals surface area contributed by atoms with E-state index in [0.29, 0.717) is 13.0 Å². The van der Waals surface area contributed by atoms with E-state index in [1.807, 2.05) is 45.0 Å². The largest absolute Gasteiger partial charge is 0.481 e. The molecule has 2 aromatic rings. The smallest absolute Gasteiger partial charge is 0.407 e. The standard InChI is InChI=1S/C27H34N2O5/c1-17(2)24(15-25(30)28-13-12-18(3)14-26(31)32)29-27(33)34-16-23-21-10-6-4-8-19(21)20-9-5-7-11-22(20)23/h4-11,17-18,23-24H,12-16H2,1-3H3,(H,28,30)(H,29,33)(H,31,32)/t18?,24-/m1/s1. The quantitative estimate of drug-likeness (QED) is 0.450. The van der Waals surface area contributed by atoms with Crippen LogP contribution in [0.4, 0.5) is 4.79 Å². The van der Waals surface area contributed by atoms with Crippen LogP contribution in [0.1, 0.15) is 57.1 Å². The van der Waals surface area contributed by atoms with Crippen LogP contribution in [0.15, 0.2) is 48.5 Å². The molecule has 0 heterocycles. The predicted octanol–water partition coefficient (Wildman–Crippen LogP) is 4.56. The number of aliphatic carboxylic acids is 1. The zero-order valence-corrected chi connectivity index (χ0v) is 20.0. The van der Waals surface area contributed by atoms with Gasteiger partial charge in [-0.25, -0.2) is 4.79 Å². The highest BCUT2D eigenvalue weighted by Crippen LogP contribution is 2.44. The zero-order chi connectivity index (χ0) is 24.7. The highest BCUT2D eigenvalue weighted by Gasteiger charge is 2.29. The number of rotatable bonds is 11. The molecule has 7 nitrogen and oxygen atoms in total. The molecule has 34 heavy (non-hydrogen) atoms. The molecule has 2 aromatic carbocycles. The molecule has 2 amide bonds. The number of benzene rings is 2. The number of fused-ring (bicyclic) bond motifs is 3. The second-order valence-electron chi connectivity index (χ2n) is 9.37. The summed E-state index contributed by atoms with van der Waals surface area (Å²) in [5, 5.41) is 14.5. The van der Waals surface area contributed by atoms with Gasteiger partial charge in [-0.1, -0.05) is 69.3 Å². The van der Waals surface area contributed by atoms with Crippen molar-refractivity contribution in [3.8, 4) is 11.1 Å². The lowest BCUT2D eigenvalue weighted by Gasteiger charge is -2.22. The van der Waals surface area contributed by atoms with Crippen LogP contribution in [-0.2, 0) is 14.3 Å². The number of hydrogen-bond acceptors (Lipinski definition) is 4. The Morgan fingerprint density at radius 2 is 1.53 bits per heavy atom. The minimum absolute atomic E-state index is 0.0161. The number of carboxylic acid groups (broad SMARTS) is 1. The minimum atomic E-state index is -0.842. The van der Waals surface area contributed by atoms with Crippen LogP contribution in [0.25, 0.3) is 11.1 Å². The van der Waals surface area contributed by atoms with Crippen molar-refractivity contribution in [1.82, 2.24) is 10.6 Å². The molecule has 7 heteroatoms. The summed E-state index contributed by atoms with van der Waals surface area (Å²) in [5.41, 5.74) is 4.63. The van der Waals surface area contributed by atoms with E-state index >= 15 is 0 Å². The minimum Gasteiger partial charge on any atom is -0.481 e. The van der Waals surface area contributed by atoms with E-state index in [9.17, 15) is 14.4 Å². The van der Waals surface area contributed by atoms with Crippen molar-refractivity contribution in [3.63, 3.8) is 0 Å². The Morgan fingerprint density at radius 3 is 2.09 bits per heavy atom. The molecule has 0 aromatic heterocycles. The van der Waals surface area contributed by atoms with Gasteiger partial charge in [-0.2, -0.15) is 0 Å². The number of carbonyl (C=O) groups excluding carboxylic acids is 2. The van der Waals surface area contributed by atoms with Gasteiger partial charge in [0.25, 0.3) is 0 Å². The molecule has 0 fully saturated rings. The van der Waals surface area contributed by atoms with Crippen molar-refractivity contribution < 1.29 is 24.2 Å². The Kier molecular flexibility index (Phi) is 8.68. The van der Waals surface area contributed by atoms with E-state index in [1.54, 1.807) is 0 Å². The number of amides is 2. The lowest BCUT2D eigenvalue weighted by molar-refractivity contribution is -0.138. The van der Waals surface area contributed by atoms with Crippen LogP contribution in [0, 0.1) is 11.8 Å². The third-order valence-electron chi connectivity index (χ3n) is 6.34. The van der Waals surface area contributed by atoms with E-state index in [1.165, 1.54) is 11.1 Å². The third-order valence-corrected chi connectivity index (χ3v) is 6.34. The summed E-state index contributed by atoms with van der Waals surface area (Å²) in [6.45, 7) is 6.35. The second-order valence-corrected chi connectivity index (χ2v) is 9.37. The molecule has 1 aliphatic carbocycles. The summed E-state index contributed by atoms with van der Waals surface area (Å²) in [5.74, 6) is -1.02. The number of nitrogens with one attached hydrogen (secondary N) is 2. The van der Waals surface area contributed by atoms with Crippen LogP contribution < -0.4 is 10.6 Å². The highest BCUT2D eigenvalue weighted by atomic mass is 16.5. The van der Waals surface area contributed by atoms with Gasteiger partial charge in [-0.3, -0.25) is 9.59 Å². The van der Waals surface area contributed by atoms with Crippen molar-refractivity contribution in [2.45, 2.75) is 52.0 Å². The number of alkyl carbamates (subject to hydrolysis) is 1. The fourth-order valence-corrected chi connectivity index (χ4v) is 4.37. The summed E-state index contributed by atoms with van der Waals surface area (Å²) < 4.78 is 5.61.